The molecule has 5 aromatic rings. The van der Waals surface area contributed by atoms with E-state index >= 15 is 0 Å². The number of fused-ring (bicyclic) bond motifs is 2. The highest BCUT2D eigenvalue weighted by molar-refractivity contribution is 5.69. The summed E-state index contributed by atoms with van der Waals surface area (Å²) in [5, 5.41) is 29.5. The van der Waals surface area contributed by atoms with Crippen molar-refractivity contribution in [3.8, 4) is 17.3 Å². The maximum Gasteiger partial charge on any atom is 0.221 e. The average molecular weight is 357 g/mol. The zero-order valence-corrected chi connectivity index (χ0v) is 13.9. The highest BCUT2D eigenvalue weighted by Gasteiger charge is 2.12. The summed E-state index contributed by atoms with van der Waals surface area (Å²) in [7, 11) is 0. The molecular weight excluding hydrogens is 346 g/mol. The molecule has 0 aliphatic rings. The van der Waals surface area contributed by atoms with E-state index in [9.17, 15) is 0 Å². The molecule has 5 rings (SSSR count). The molecule has 0 saturated heterocycles. The Morgan fingerprint density at radius 2 is 2.07 bits per heavy atom. The van der Waals surface area contributed by atoms with Gasteiger partial charge in [0.05, 0.1) is 48.6 Å². The Balaban J connectivity index is 1.51. The van der Waals surface area contributed by atoms with Crippen LogP contribution in [0.4, 0.5) is 0 Å². The van der Waals surface area contributed by atoms with Gasteiger partial charge >= 0.3 is 0 Å². The Labute approximate surface area is 151 Å². The first-order valence-electron chi connectivity index (χ1n) is 8.05. The predicted octanol–water partition coefficient (Wildman–Crippen LogP) is 0.699. The second-order valence-electron chi connectivity index (χ2n) is 5.84. The van der Waals surface area contributed by atoms with Crippen LogP contribution < -0.4 is 0 Å². The first-order chi connectivity index (χ1) is 13.3. The van der Waals surface area contributed by atoms with Crippen molar-refractivity contribution in [3.05, 3.63) is 48.7 Å². The Kier molecular flexibility index (Phi) is 3.33. The standard InChI is InChI=1S/C16H11N11/c17-2-4-25-10-12(7-20-25)14-8-18-15-16(22-14)26(24-23-15)9-11-5-13-1-3-19-27(13)21-6-11/h1,3,5-8,10H,4,9H2. The van der Waals surface area contributed by atoms with Crippen molar-refractivity contribution in [1.82, 2.24) is 49.6 Å². The summed E-state index contributed by atoms with van der Waals surface area (Å²) in [5.74, 6) is 0. The van der Waals surface area contributed by atoms with Gasteiger partial charge in [0.25, 0.3) is 0 Å². The minimum absolute atomic E-state index is 0.180. The molecule has 0 spiro atoms. The number of hydrogen-bond acceptors (Lipinski definition) is 8. The van der Waals surface area contributed by atoms with Crippen LogP contribution in [0.2, 0.25) is 0 Å². The van der Waals surface area contributed by atoms with Crippen LogP contribution in [0.25, 0.3) is 28.1 Å². The molecule has 5 aromatic heterocycles. The fourth-order valence-electron chi connectivity index (χ4n) is 2.78. The van der Waals surface area contributed by atoms with E-state index in [0.717, 1.165) is 16.6 Å². The van der Waals surface area contributed by atoms with E-state index in [-0.39, 0.29) is 6.54 Å². The molecule has 0 radical (unpaired) electrons. The van der Waals surface area contributed by atoms with E-state index in [0.29, 0.717) is 23.5 Å². The zero-order chi connectivity index (χ0) is 18.2. The van der Waals surface area contributed by atoms with Gasteiger partial charge in [0, 0.05) is 11.8 Å². The number of nitriles is 1. The van der Waals surface area contributed by atoms with Gasteiger partial charge in [-0.15, -0.1) is 5.10 Å². The molecule has 0 atom stereocenters. The molecule has 11 nitrogen and oxygen atoms in total. The number of rotatable bonds is 4. The monoisotopic (exact) mass is 357 g/mol. The lowest BCUT2D eigenvalue weighted by molar-refractivity contribution is 0.658. The van der Waals surface area contributed by atoms with Crippen molar-refractivity contribution in [1.29, 1.82) is 5.26 Å². The average Bonchev–Trinajstić information content (AvgIpc) is 3.41. The van der Waals surface area contributed by atoms with Crippen molar-refractivity contribution < 1.29 is 0 Å². The van der Waals surface area contributed by atoms with Crippen LogP contribution in [0.15, 0.2) is 43.1 Å². The topological polar surface area (TPSA) is 128 Å². The van der Waals surface area contributed by atoms with Crippen molar-refractivity contribution in [2.75, 3.05) is 0 Å². The van der Waals surface area contributed by atoms with Crippen LogP contribution in [0.5, 0.6) is 0 Å². The van der Waals surface area contributed by atoms with Gasteiger partial charge in [0.15, 0.2) is 5.65 Å². The number of nitrogens with zero attached hydrogens (tertiary/aromatic N) is 11. The van der Waals surface area contributed by atoms with Crippen LogP contribution in [0.1, 0.15) is 5.56 Å². The maximum atomic E-state index is 8.77. The molecule has 11 heteroatoms. The fraction of sp³-hybridized carbons (Fsp3) is 0.125. The third-order valence-corrected chi connectivity index (χ3v) is 4.04. The molecule has 27 heavy (non-hydrogen) atoms. The molecule has 0 fully saturated rings. The van der Waals surface area contributed by atoms with Gasteiger partial charge in [-0.1, -0.05) is 5.21 Å². The first kappa shape index (κ1) is 15.1. The van der Waals surface area contributed by atoms with Gasteiger partial charge in [-0.2, -0.15) is 25.2 Å². The quantitative estimate of drug-likeness (QED) is 0.460. The highest BCUT2D eigenvalue weighted by atomic mass is 15.5. The summed E-state index contributed by atoms with van der Waals surface area (Å²) >= 11 is 0. The lowest BCUT2D eigenvalue weighted by Gasteiger charge is -2.03. The van der Waals surface area contributed by atoms with Crippen molar-refractivity contribution in [2.24, 2.45) is 0 Å². The van der Waals surface area contributed by atoms with Crippen molar-refractivity contribution >= 4 is 16.8 Å². The molecule has 0 aromatic carbocycles. The smallest absolute Gasteiger partial charge is 0.221 e. The molecule has 0 aliphatic carbocycles. The van der Waals surface area contributed by atoms with Crippen LogP contribution in [-0.2, 0) is 13.1 Å². The fourth-order valence-corrected chi connectivity index (χ4v) is 2.78. The SMILES string of the molecule is N#CCn1cc(-c2cnc3nnn(Cc4cnn5nccc5c4)c3n2)cn1. The Morgan fingerprint density at radius 3 is 3.00 bits per heavy atom. The Hall–Kier alpha value is -4.20. The predicted molar refractivity (Wildman–Crippen MR) is 92.0 cm³/mol. The second-order valence-corrected chi connectivity index (χ2v) is 5.84. The van der Waals surface area contributed by atoms with E-state index in [1.807, 2.05) is 18.2 Å². The molecule has 0 N–H and O–H groups in total. The summed E-state index contributed by atoms with van der Waals surface area (Å²) in [6.45, 7) is 0.635. The molecule has 0 saturated carbocycles. The highest BCUT2D eigenvalue weighted by Crippen LogP contribution is 2.18. The first-order valence-corrected chi connectivity index (χ1v) is 8.05. The van der Waals surface area contributed by atoms with E-state index in [4.69, 9.17) is 5.26 Å². The van der Waals surface area contributed by atoms with E-state index in [1.165, 1.54) is 0 Å². The third kappa shape index (κ3) is 2.65. The second kappa shape index (κ2) is 5.95. The van der Waals surface area contributed by atoms with Gasteiger partial charge < -0.3 is 0 Å². The normalized spacial score (nSPS) is 11.2. The molecule has 0 unspecified atom stereocenters. The lowest BCUT2D eigenvalue weighted by atomic mass is 10.2. The summed E-state index contributed by atoms with van der Waals surface area (Å²) in [4.78, 5) is 8.96. The van der Waals surface area contributed by atoms with Crippen LogP contribution in [-0.4, -0.2) is 49.6 Å². The van der Waals surface area contributed by atoms with Gasteiger partial charge in [-0.25, -0.2) is 14.6 Å². The van der Waals surface area contributed by atoms with Crippen molar-refractivity contribution in [3.63, 3.8) is 0 Å². The summed E-state index contributed by atoms with van der Waals surface area (Å²) in [6.07, 6.45) is 8.45. The Morgan fingerprint density at radius 1 is 1.11 bits per heavy atom. The third-order valence-electron chi connectivity index (χ3n) is 4.04. The van der Waals surface area contributed by atoms with Gasteiger partial charge in [0.1, 0.15) is 6.54 Å². The number of aromatic nitrogens is 10. The number of hydrogen-bond donors (Lipinski definition) is 0. The van der Waals surface area contributed by atoms with E-state index in [1.54, 1.807) is 45.0 Å². The molecule has 0 bridgehead atoms. The van der Waals surface area contributed by atoms with Crippen molar-refractivity contribution in [2.45, 2.75) is 13.1 Å². The zero-order valence-electron chi connectivity index (χ0n) is 13.9. The van der Waals surface area contributed by atoms with Crippen LogP contribution in [0, 0.1) is 11.3 Å². The Bertz CT molecular complexity index is 1300. The van der Waals surface area contributed by atoms with Crippen LogP contribution >= 0.6 is 0 Å². The molecule has 0 aliphatic heterocycles. The lowest BCUT2D eigenvalue weighted by Crippen LogP contribution is -2.05. The molecule has 130 valence electrons. The maximum absolute atomic E-state index is 8.77. The molecule has 0 amide bonds. The molecule has 5 heterocycles. The van der Waals surface area contributed by atoms with E-state index in [2.05, 4.69) is 35.6 Å². The minimum atomic E-state index is 0.180. The van der Waals surface area contributed by atoms with E-state index < -0.39 is 0 Å². The van der Waals surface area contributed by atoms with Gasteiger partial charge in [-0.05, 0) is 17.7 Å². The van der Waals surface area contributed by atoms with Crippen LogP contribution in [0.3, 0.4) is 0 Å². The molecular formula is C16H11N11. The summed E-state index contributed by atoms with van der Waals surface area (Å²) in [6, 6.07) is 5.91. The van der Waals surface area contributed by atoms with Gasteiger partial charge in [0.2, 0.25) is 5.65 Å². The van der Waals surface area contributed by atoms with Gasteiger partial charge in [-0.3, -0.25) is 4.68 Å². The largest absolute Gasteiger partial charge is 0.258 e. The minimum Gasteiger partial charge on any atom is -0.258 e. The summed E-state index contributed by atoms with van der Waals surface area (Å²) in [5.41, 5.74) is 4.28. The summed E-state index contributed by atoms with van der Waals surface area (Å²) < 4.78 is 4.78.